The zero-order chi connectivity index (χ0) is 17.7. The van der Waals surface area contributed by atoms with Crippen LogP contribution in [0.15, 0.2) is 6.07 Å². The van der Waals surface area contributed by atoms with Crippen molar-refractivity contribution in [3.8, 4) is 0 Å². The maximum atomic E-state index is 13.1. The van der Waals surface area contributed by atoms with E-state index < -0.39 is 12.0 Å². The van der Waals surface area contributed by atoms with Gasteiger partial charge in [0, 0.05) is 20.1 Å². The van der Waals surface area contributed by atoms with Crippen LogP contribution in [0.1, 0.15) is 41.8 Å². The lowest BCUT2D eigenvalue weighted by Crippen LogP contribution is -2.46. The largest absolute Gasteiger partial charge is 0.480 e. The van der Waals surface area contributed by atoms with Crippen LogP contribution in [0.4, 0.5) is 5.13 Å². The highest BCUT2D eigenvalue weighted by Gasteiger charge is 2.48. The average molecular weight is 380 g/mol. The van der Waals surface area contributed by atoms with Gasteiger partial charge in [-0.15, -0.1) is 11.3 Å². The summed E-state index contributed by atoms with van der Waals surface area (Å²) in [7, 11) is 3.89. The van der Waals surface area contributed by atoms with Gasteiger partial charge in [-0.05, 0) is 31.2 Å². The second-order valence-electron chi connectivity index (χ2n) is 7.08. The van der Waals surface area contributed by atoms with E-state index in [1.54, 1.807) is 16.2 Å². The molecule has 0 bridgehead atoms. The van der Waals surface area contributed by atoms with E-state index in [0.29, 0.717) is 17.2 Å². The van der Waals surface area contributed by atoms with Crippen molar-refractivity contribution in [3.63, 3.8) is 0 Å². The Balaban J connectivity index is 1.65. The fourth-order valence-corrected chi connectivity index (χ4v) is 6.20. The van der Waals surface area contributed by atoms with Crippen molar-refractivity contribution in [2.45, 2.75) is 44.2 Å². The number of carboxylic acids is 1. The van der Waals surface area contributed by atoms with E-state index in [-0.39, 0.29) is 11.9 Å². The number of aromatic nitrogens is 1. The summed E-state index contributed by atoms with van der Waals surface area (Å²) in [5, 5.41) is 10.5. The molecule has 2 fully saturated rings. The molecule has 0 aromatic carbocycles. The van der Waals surface area contributed by atoms with Gasteiger partial charge in [-0.3, -0.25) is 4.79 Å². The Morgan fingerprint density at radius 2 is 2.04 bits per heavy atom. The molecule has 3 atom stereocenters. The lowest BCUT2D eigenvalue weighted by molar-refractivity contribution is -0.141. The molecular weight excluding hydrogens is 358 g/mol. The van der Waals surface area contributed by atoms with Gasteiger partial charge in [0.1, 0.15) is 10.9 Å². The standard InChI is InChI=1S/C17H21N3O3S2/c1-19(2)17-18-14-12(25-17)8-13(24-14)15(21)20-10-6-4-3-5-9(10)7-11(20)16(22)23/h8-11H,3-7H2,1-2H3,(H,22,23). The first-order valence-electron chi connectivity index (χ1n) is 8.59. The molecule has 1 saturated heterocycles. The topological polar surface area (TPSA) is 73.7 Å². The van der Waals surface area contributed by atoms with Crippen LogP contribution >= 0.6 is 22.7 Å². The van der Waals surface area contributed by atoms with Gasteiger partial charge in [0.25, 0.3) is 5.91 Å². The highest BCUT2D eigenvalue weighted by Crippen LogP contribution is 2.42. The molecule has 1 N–H and O–H groups in total. The summed E-state index contributed by atoms with van der Waals surface area (Å²) in [5.74, 6) is -0.684. The summed E-state index contributed by atoms with van der Waals surface area (Å²) < 4.78 is 0.989. The smallest absolute Gasteiger partial charge is 0.326 e. The van der Waals surface area contributed by atoms with Crippen molar-refractivity contribution in [3.05, 3.63) is 10.9 Å². The zero-order valence-corrected chi connectivity index (χ0v) is 15.9. The molecule has 8 heteroatoms. The number of hydrogen-bond donors (Lipinski definition) is 1. The molecule has 134 valence electrons. The first-order valence-corrected chi connectivity index (χ1v) is 10.2. The Bertz CT molecular complexity index is 797. The van der Waals surface area contributed by atoms with Crippen molar-refractivity contribution >= 4 is 49.2 Å². The predicted octanol–water partition coefficient (Wildman–Crippen LogP) is 3.28. The van der Waals surface area contributed by atoms with E-state index in [0.717, 1.165) is 40.3 Å². The normalized spacial score (nSPS) is 26.0. The molecule has 3 unspecified atom stereocenters. The number of carbonyl (C=O) groups excluding carboxylic acids is 1. The summed E-state index contributed by atoms with van der Waals surface area (Å²) in [6.07, 6.45) is 4.76. The number of anilines is 1. The fraction of sp³-hybridized carbons (Fsp3) is 0.588. The summed E-state index contributed by atoms with van der Waals surface area (Å²) in [6, 6.07) is 1.26. The molecule has 1 aliphatic carbocycles. The Kier molecular flexibility index (Phi) is 4.19. The second kappa shape index (κ2) is 6.25. The van der Waals surface area contributed by atoms with E-state index in [4.69, 9.17) is 0 Å². The number of carboxylic acid groups (broad SMARTS) is 1. The van der Waals surface area contributed by atoms with Crippen molar-refractivity contribution in [2.24, 2.45) is 5.92 Å². The Hall–Kier alpha value is -1.67. The lowest BCUT2D eigenvalue weighted by atomic mass is 9.85. The monoisotopic (exact) mass is 379 g/mol. The van der Waals surface area contributed by atoms with Crippen LogP contribution < -0.4 is 4.90 Å². The van der Waals surface area contributed by atoms with Crippen LogP contribution in [0.2, 0.25) is 0 Å². The fourth-order valence-electron chi connectivity index (χ4n) is 4.12. The number of fused-ring (bicyclic) bond motifs is 2. The number of hydrogen-bond acceptors (Lipinski definition) is 6. The van der Waals surface area contributed by atoms with Gasteiger partial charge < -0.3 is 14.9 Å². The third-order valence-electron chi connectivity index (χ3n) is 5.28. The number of rotatable bonds is 3. The van der Waals surface area contributed by atoms with E-state index in [2.05, 4.69) is 4.98 Å². The van der Waals surface area contributed by atoms with Gasteiger partial charge in [-0.1, -0.05) is 24.2 Å². The van der Waals surface area contributed by atoms with Crippen molar-refractivity contribution < 1.29 is 14.7 Å². The van der Waals surface area contributed by atoms with Crippen LogP contribution in [0, 0.1) is 5.92 Å². The Morgan fingerprint density at radius 1 is 1.28 bits per heavy atom. The Morgan fingerprint density at radius 3 is 2.72 bits per heavy atom. The summed E-state index contributed by atoms with van der Waals surface area (Å²) in [5.41, 5.74) is 0. The number of aliphatic carboxylic acids is 1. The summed E-state index contributed by atoms with van der Waals surface area (Å²) >= 11 is 2.93. The van der Waals surface area contributed by atoms with E-state index in [1.165, 1.54) is 11.3 Å². The maximum absolute atomic E-state index is 13.1. The molecule has 0 spiro atoms. The molecule has 25 heavy (non-hydrogen) atoms. The van der Waals surface area contributed by atoms with Gasteiger partial charge in [-0.25, -0.2) is 9.78 Å². The number of amides is 1. The average Bonchev–Trinajstić information content (AvgIpc) is 3.24. The number of likely N-dealkylation sites (tertiary alicyclic amines) is 1. The number of carbonyl (C=O) groups is 2. The molecule has 4 rings (SSSR count). The molecule has 2 aromatic rings. The molecule has 0 radical (unpaired) electrons. The molecule has 1 saturated carbocycles. The van der Waals surface area contributed by atoms with E-state index >= 15 is 0 Å². The molecule has 3 heterocycles. The van der Waals surface area contributed by atoms with Crippen LogP contribution in [0.3, 0.4) is 0 Å². The van der Waals surface area contributed by atoms with E-state index in [1.807, 2.05) is 25.1 Å². The van der Waals surface area contributed by atoms with Gasteiger partial charge in [0.05, 0.1) is 9.58 Å². The number of thiazole rings is 1. The SMILES string of the molecule is CN(C)c1nc2sc(C(=O)N3C(C(=O)O)CC4CCCCC43)cc2s1. The minimum absolute atomic E-state index is 0.0766. The summed E-state index contributed by atoms with van der Waals surface area (Å²) in [6.45, 7) is 0. The summed E-state index contributed by atoms with van der Waals surface area (Å²) in [4.78, 5) is 34.5. The third kappa shape index (κ3) is 2.81. The van der Waals surface area contributed by atoms with Crippen molar-refractivity contribution in [1.29, 1.82) is 0 Å². The van der Waals surface area contributed by atoms with Crippen LogP contribution in [0.25, 0.3) is 9.53 Å². The second-order valence-corrected chi connectivity index (χ2v) is 9.12. The predicted molar refractivity (Wildman–Crippen MR) is 99.8 cm³/mol. The third-order valence-corrected chi connectivity index (χ3v) is 7.60. The molecule has 1 aliphatic heterocycles. The molecule has 2 aliphatic rings. The molecule has 1 amide bonds. The first kappa shape index (κ1) is 16.8. The minimum Gasteiger partial charge on any atom is -0.480 e. The molecule has 2 aromatic heterocycles. The number of nitrogens with zero attached hydrogens (tertiary/aromatic N) is 3. The van der Waals surface area contributed by atoms with Crippen LogP contribution in [0.5, 0.6) is 0 Å². The highest BCUT2D eigenvalue weighted by molar-refractivity contribution is 7.29. The van der Waals surface area contributed by atoms with Gasteiger partial charge in [-0.2, -0.15) is 0 Å². The van der Waals surface area contributed by atoms with Crippen molar-refractivity contribution in [2.75, 3.05) is 19.0 Å². The van der Waals surface area contributed by atoms with Gasteiger partial charge >= 0.3 is 5.97 Å². The molecular formula is C17H21N3O3S2. The van der Waals surface area contributed by atoms with Crippen molar-refractivity contribution in [1.82, 2.24) is 9.88 Å². The highest BCUT2D eigenvalue weighted by atomic mass is 32.1. The van der Waals surface area contributed by atoms with Crippen LogP contribution in [-0.4, -0.2) is 53.0 Å². The first-order chi connectivity index (χ1) is 12.0. The molecule has 6 nitrogen and oxygen atoms in total. The van der Waals surface area contributed by atoms with Gasteiger partial charge in [0.15, 0.2) is 5.13 Å². The number of thiophene rings is 1. The van der Waals surface area contributed by atoms with E-state index in [9.17, 15) is 14.7 Å². The van der Waals surface area contributed by atoms with Crippen LogP contribution in [-0.2, 0) is 4.79 Å². The minimum atomic E-state index is -0.880. The zero-order valence-electron chi connectivity index (χ0n) is 14.3. The maximum Gasteiger partial charge on any atom is 0.326 e. The Labute approximate surface area is 154 Å². The quantitative estimate of drug-likeness (QED) is 0.886. The lowest BCUT2D eigenvalue weighted by Gasteiger charge is -2.32. The van der Waals surface area contributed by atoms with Gasteiger partial charge in [0.2, 0.25) is 0 Å².